The van der Waals surface area contributed by atoms with Crippen LogP contribution in [0.2, 0.25) is 0 Å². The molecule has 1 aromatic rings. The number of nitrogens with zero attached hydrogens (tertiary/aromatic N) is 1. The number of cyclic esters (lactones) is 1. The van der Waals surface area contributed by atoms with E-state index in [9.17, 15) is 9.59 Å². The topological polar surface area (TPSA) is 81.9 Å². The van der Waals surface area contributed by atoms with Crippen LogP contribution < -0.4 is 10.5 Å². The fourth-order valence-corrected chi connectivity index (χ4v) is 2.14. The molecule has 1 aliphatic rings. The summed E-state index contributed by atoms with van der Waals surface area (Å²) in [5, 5.41) is 0. The first kappa shape index (κ1) is 15.2. The van der Waals surface area contributed by atoms with Crippen molar-refractivity contribution in [2.45, 2.75) is 32.4 Å². The van der Waals surface area contributed by atoms with E-state index in [1.165, 1.54) is 0 Å². The summed E-state index contributed by atoms with van der Waals surface area (Å²) in [5.41, 5.74) is 5.97. The second kappa shape index (κ2) is 6.47. The summed E-state index contributed by atoms with van der Waals surface area (Å²) in [5.74, 6) is 0.303. The molecule has 1 fully saturated rings. The zero-order valence-electron chi connectivity index (χ0n) is 12.2. The van der Waals surface area contributed by atoms with Gasteiger partial charge in [-0.1, -0.05) is 12.1 Å². The Bertz CT molecular complexity index is 513. The van der Waals surface area contributed by atoms with E-state index in [2.05, 4.69) is 0 Å². The van der Waals surface area contributed by atoms with Crippen LogP contribution in [0.3, 0.4) is 0 Å². The Morgan fingerprint density at radius 2 is 2.10 bits per heavy atom. The Balaban J connectivity index is 1.84. The fourth-order valence-electron chi connectivity index (χ4n) is 2.14. The van der Waals surface area contributed by atoms with Gasteiger partial charge in [0.1, 0.15) is 12.4 Å². The number of carbonyl (C=O) groups is 2. The normalized spacial score (nSPS) is 18.0. The van der Waals surface area contributed by atoms with Crippen molar-refractivity contribution in [3.05, 3.63) is 29.8 Å². The second-order valence-electron chi connectivity index (χ2n) is 5.35. The Morgan fingerprint density at radius 1 is 1.43 bits per heavy atom. The van der Waals surface area contributed by atoms with Crippen molar-refractivity contribution in [3.8, 4) is 5.75 Å². The molecule has 2 amide bonds. The third-order valence-electron chi connectivity index (χ3n) is 3.26. The molecule has 1 heterocycles. The smallest absolute Gasteiger partial charge is 0.410 e. The molecule has 2 N–H and O–H groups in total. The molecule has 0 spiro atoms. The maximum absolute atomic E-state index is 11.6. The second-order valence-corrected chi connectivity index (χ2v) is 5.35. The van der Waals surface area contributed by atoms with E-state index in [4.69, 9.17) is 15.2 Å². The summed E-state index contributed by atoms with van der Waals surface area (Å²) >= 11 is 0. The molecule has 1 aromatic carbocycles. The lowest BCUT2D eigenvalue weighted by Crippen LogP contribution is -2.32. The van der Waals surface area contributed by atoms with Gasteiger partial charge >= 0.3 is 6.09 Å². The standard InChI is InChI=1S/C15H20N2O4/c1-10(2)17-8-13(21-15(17)19)9-20-12-5-3-11(4-6-12)7-14(16)18/h3-6,10,13H,7-9H2,1-2H3,(H2,16,18)/t13-/m1/s1. The molecule has 2 rings (SSSR count). The molecule has 0 bridgehead atoms. The average Bonchev–Trinajstić information content (AvgIpc) is 2.79. The van der Waals surface area contributed by atoms with Crippen LogP contribution in [0.15, 0.2) is 24.3 Å². The quantitative estimate of drug-likeness (QED) is 0.857. The highest BCUT2D eigenvalue weighted by Crippen LogP contribution is 2.17. The van der Waals surface area contributed by atoms with Crippen molar-refractivity contribution < 1.29 is 19.1 Å². The molecule has 21 heavy (non-hydrogen) atoms. The lowest BCUT2D eigenvalue weighted by molar-refractivity contribution is -0.117. The van der Waals surface area contributed by atoms with Crippen LogP contribution in [0.1, 0.15) is 19.4 Å². The van der Waals surface area contributed by atoms with Crippen LogP contribution in [0.4, 0.5) is 4.79 Å². The van der Waals surface area contributed by atoms with Gasteiger partial charge in [0.15, 0.2) is 6.10 Å². The summed E-state index contributed by atoms with van der Waals surface area (Å²) in [6, 6.07) is 7.25. The predicted octanol–water partition coefficient (Wildman–Crippen LogP) is 1.32. The minimum Gasteiger partial charge on any atom is -0.490 e. The van der Waals surface area contributed by atoms with Crippen molar-refractivity contribution in [2.24, 2.45) is 5.73 Å². The molecule has 0 saturated carbocycles. The Labute approximate surface area is 123 Å². The van der Waals surface area contributed by atoms with Crippen LogP contribution in [-0.2, 0) is 16.0 Å². The van der Waals surface area contributed by atoms with Crippen molar-refractivity contribution in [1.82, 2.24) is 4.90 Å². The summed E-state index contributed by atoms with van der Waals surface area (Å²) in [4.78, 5) is 24.1. The first-order chi connectivity index (χ1) is 9.95. The Hall–Kier alpha value is -2.24. The third kappa shape index (κ3) is 4.11. The van der Waals surface area contributed by atoms with Crippen molar-refractivity contribution in [3.63, 3.8) is 0 Å². The van der Waals surface area contributed by atoms with Gasteiger partial charge in [0, 0.05) is 6.04 Å². The lowest BCUT2D eigenvalue weighted by Gasteiger charge is -2.16. The molecular formula is C15H20N2O4. The van der Waals surface area contributed by atoms with E-state index in [1.54, 1.807) is 29.2 Å². The number of carbonyl (C=O) groups excluding carboxylic acids is 2. The largest absolute Gasteiger partial charge is 0.490 e. The maximum atomic E-state index is 11.6. The molecule has 6 nitrogen and oxygen atoms in total. The van der Waals surface area contributed by atoms with Gasteiger partial charge in [-0.05, 0) is 31.5 Å². The van der Waals surface area contributed by atoms with Crippen LogP contribution >= 0.6 is 0 Å². The van der Waals surface area contributed by atoms with Crippen molar-refractivity contribution in [2.75, 3.05) is 13.2 Å². The van der Waals surface area contributed by atoms with E-state index in [0.29, 0.717) is 18.9 Å². The zero-order chi connectivity index (χ0) is 15.4. The molecule has 1 saturated heterocycles. The number of nitrogens with two attached hydrogens (primary N) is 1. The maximum Gasteiger partial charge on any atom is 0.410 e. The molecule has 1 atom stereocenters. The Kier molecular flexibility index (Phi) is 4.67. The van der Waals surface area contributed by atoms with Gasteiger partial charge in [0.05, 0.1) is 13.0 Å². The van der Waals surface area contributed by atoms with Gasteiger partial charge < -0.3 is 20.1 Å². The fraction of sp³-hybridized carbons (Fsp3) is 0.467. The first-order valence-corrected chi connectivity index (χ1v) is 6.93. The Morgan fingerprint density at radius 3 is 2.62 bits per heavy atom. The summed E-state index contributed by atoms with van der Waals surface area (Å²) in [6.45, 7) is 4.74. The highest BCUT2D eigenvalue weighted by Gasteiger charge is 2.33. The number of primary amides is 1. The molecule has 1 aliphatic heterocycles. The number of hydrogen-bond donors (Lipinski definition) is 1. The molecule has 0 aromatic heterocycles. The average molecular weight is 292 g/mol. The lowest BCUT2D eigenvalue weighted by atomic mass is 10.1. The zero-order valence-corrected chi connectivity index (χ0v) is 12.2. The molecule has 0 radical (unpaired) electrons. The van der Waals surface area contributed by atoms with E-state index >= 15 is 0 Å². The molecular weight excluding hydrogens is 272 g/mol. The highest BCUT2D eigenvalue weighted by molar-refractivity contribution is 5.76. The van der Waals surface area contributed by atoms with Crippen molar-refractivity contribution in [1.29, 1.82) is 0 Å². The SMILES string of the molecule is CC(C)N1C[C@H](COc2ccc(CC(N)=O)cc2)OC1=O. The molecule has 114 valence electrons. The number of ether oxygens (including phenoxy) is 2. The van der Waals surface area contributed by atoms with Crippen LogP contribution in [-0.4, -0.2) is 42.2 Å². The summed E-state index contributed by atoms with van der Waals surface area (Å²) in [7, 11) is 0. The number of rotatable bonds is 6. The van der Waals surface area contributed by atoms with Gasteiger partial charge in [0.2, 0.25) is 5.91 Å². The third-order valence-corrected chi connectivity index (χ3v) is 3.26. The van der Waals surface area contributed by atoms with E-state index in [-0.39, 0.29) is 30.6 Å². The van der Waals surface area contributed by atoms with Gasteiger partial charge in [-0.2, -0.15) is 0 Å². The predicted molar refractivity (Wildman–Crippen MR) is 76.9 cm³/mol. The first-order valence-electron chi connectivity index (χ1n) is 6.93. The molecule has 0 aliphatic carbocycles. The monoisotopic (exact) mass is 292 g/mol. The minimum absolute atomic E-state index is 0.121. The number of hydrogen-bond acceptors (Lipinski definition) is 4. The molecule has 6 heteroatoms. The van der Waals surface area contributed by atoms with Crippen LogP contribution in [0.25, 0.3) is 0 Å². The summed E-state index contributed by atoms with van der Waals surface area (Å²) in [6.07, 6.45) is -0.343. The van der Waals surface area contributed by atoms with Gasteiger partial charge in [-0.15, -0.1) is 0 Å². The van der Waals surface area contributed by atoms with Gasteiger partial charge in [0.25, 0.3) is 0 Å². The number of benzene rings is 1. The number of amides is 2. The van der Waals surface area contributed by atoms with Gasteiger partial charge in [-0.25, -0.2) is 4.79 Å². The van der Waals surface area contributed by atoms with Crippen LogP contribution in [0.5, 0.6) is 5.75 Å². The minimum atomic E-state index is -0.365. The van der Waals surface area contributed by atoms with Crippen molar-refractivity contribution >= 4 is 12.0 Å². The van der Waals surface area contributed by atoms with E-state index < -0.39 is 0 Å². The highest BCUT2D eigenvalue weighted by atomic mass is 16.6. The summed E-state index contributed by atoms with van der Waals surface area (Å²) < 4.78 is 10.8. The van der Waals surface area contributed by atoms with E-state index in [1.807, 2.05) is 13.8 Å². The van der Waals surface area contributed by atoms with Gasteiger partial charge in [-0.3, -0.25) is 4.79 Å². The molecule has 0 unspecified atom stereocenters. The van der Waals surface area contributed by atoms with Crippen LogP contribution in [0, 0.1) is 0 Å². The van der Waals surface area contributed by atoms with E-state index in [0.717, 1.165) is 5.56 Å².